The molecule has 0 radical (unpaired) electrons. The van der Waals surface area contributed by atoms with Crippen LogP contribution in [-0.2, 0) is 4.74 Å². The SMILES string of the molecule is CCCNC(COCCC)CN(C)C. The Morgan fingerprint density at radius 3 is 2.43 bits per heavy atom. The fourth-order valence-corrected chi connectivity index (χ4v) is 1.34. The second-order valence-corrected chi connectivity index (χ2v) is 3.99. The Labute approximate surface area is 88.8 Å². The van der Waals surface area contributed by atoms with Crippen LogP contribution in [0.15, 0.2) is 0 Å². The lowest BCUT2D eigenvalue weighted by molar-refractivity contribution is 0.103. The lowest BCUT2D eigenvalue weighted by atomic mass is 10.3. The third-order valence-corrected chi connectivity index (χ3v) is 1.94. The summed E-state index contributed by atoms with van der Waals surface area (Å²) < 4.78 is 5.55. The molecular weight excluding hydrogens is 176 g/mol. The van der Waals surface area contributed by atoms with Gasteiger partial charge in [0.1, 0.15) is 0 Å². The van der Waals surface area contributed by atoms with E-state index in [9.17, 15) is 0 Å². The van der Waals surface area contributed by atoms with Gasteiger partial charge >= 0.3 is 0 Å². The molecular formula is C11H26N2O. The molecule has 0 spiro atoms. The molecule has 0 saturated heterocycles. The van der Waals surface area contributed by atoms with Crippen LogP contribution in [0.4, 0.5) is 0 Å². The molecule has 0 aromatic heterocycles. The van der Waals surface area contributed by atoms with Crippen LogP contribution in [0.3, 0.4) is 0 Å². The minimum Gasteiger partial charge on any atom is -0.380 e. The summed E-state index contributed by atoms with van der Waals surface area (Å²) >= 11 is 0. The van der Waals surface area contributed by atoms with E-state index in [4.69, 9.17) is 4.74 Å². The first-order valence-electron chi connectivity index (χ1n) is 5.66. The Morgan fingerprint density at radius 2 is 1.93 bits per heavy atom. The first-order valence-corrected chi connectivity index (χ1v) is 5.66. The van der Waals surface area contributed by atoms with E-state index in [-0.39, 0.29) is 0 Å². The summed E-state index contributed by atoms with van der Waals surface area (Å²) in [5.74, 6) is 0. The zero-order valence-electron chi connectivity index (χ0n) is 10.2. The number of hydrogen-bond donors (Lipinski definition) is 1. The third kappa shape index (κ3) is 8.48. The Morgan fingerprint density at radius 1 is 1.21 bits per heavy atom. The molecule has 0 aliphatic carbocycles. The van der Waals surface area contributed by atoms with Gasteiger partial charge in [-0.15, -0.1) is 0 Å². The number of hydrogen-bond acceptors (Lipinski definition) is 3. The lowest BCUT2D eigenvalue weighted by Gasteiger charge is -2.22. The molecule has 0 aliphatic heterocycles. The molecule has 0 bridgehead atoms. The van der Waals surface area contributed by atoms with Crippen LogP contribution in [0.1, 0.15) is 26.7 Å². The molecule has 0 fully saturated rings. The van der Waals surface area contributed by atoms with E-state index in [1.807, 2.05) is 0 Å². The summed E-state index contributed by atoms with van der Waals surface area (Å²) in [7, 11) is 4.20. The molecule has 14 heavy (non-hydrogen) atoms. The summed E-state index contributed by atoms with van der Waals surface area (Å²) in [5, 5.41) is 3.49. The highest BCUT2D eigenvalue weighted by Gasteiger charge is 2.08. The average Bonchev–Trinajstić information content (AvgIpc) is 2.13. The van der Waals surface area contributed by atoms with Crippen molar-refractivity contribution in [3.63, 3.8) is 0 Å². The summed E-state index contributed by atoms with van der Waals surface area (Å²) in [4.78, 5) is 2.20. The van der Waals surface area contributed by atoms with Crippen molar-refractivity contribution >= 4 is 0 Å². The fraction of sp³-hybridized carbons (Fsp3) is 1.00. The largest absolute Gasteiger partial charge is 0.380 e. The third-order valence-electron chi connectivity index (χ3n) is 1.94. The molecule has 1 N–H and O–H groups in total. The normalized spacial score (nSPS) is 13.5. The Hall–Kier alpha value is -0.120. The van der Waals surface area contributed by atoms with E-state index in [0.29, 0.717) is 6.04 Å². The highest BCUT2D eigenvalue weighted by Crippen LogP contribution is 1.91. The topological polar surface area (TPSA) is 24.5 Å². The molecule has 86 valence electrons. The van der Waals surface area contributed by atoms with E-state index in [1.165, 1.54) is 6.42 Å². The van der Waals surface area contributed by atoms with Crippen LogP contribution in [0.5, 0.6) is 0 Å². The van der Waals surface area contributed by atoms with Crippen molar-refractivity contribution < 1.29 is 4.74 Å². The smallest absolute Gasteiger partial charge is 0.0632 e. The van der Waals surface area contributed by atoms with Gasteiger partial charge in [-0.3, -0.25) is 0 Å². The molecule has 0 rings (SSSR count). The molecule has 3 heteroatoms. The predicted molar refractivity (Wildman–Crippen MR) is 61.7 cm³/mol. The number of nitrogens with one attached hydrogen (secondary N) is 1. The summed E-state index contributed by atoms with van der Waals surface area (Å²) in [6, 6.07) is 0.469. The van der Waals surface area contributed by atoms with Gasteiger partial charge in [0, 0.05) is 19.2 Å². The predicted octanol–water partition coefficient (Wildman–Crippen LogP) is 1.34. The molecule has 1 atom stereocenters. The Balaban J connectivity index is 3.61. The number of likely N-dealkylation sites (N-methyl/N-ethyl adjacent to an activating group) is 1. The second kappa shape index (κ2) is 9.44. The van der Waals surface area contributed by atoms with Gasteiger partial charge in [0.05, 0.1) is 6.61 Å². The van der Waals surface area contributed by atoms with Crippen molar-refractivity contribution in [3.05, 3.63) is 0 Å². The number of ether oxygens (including phenoxy) is 1. The molecule has 0 aromatic rings. The molecule has 1 unspecified atom stereocenters. The van der Waals surface area contributed by atoms with Gasteiger partial charge in [0.25, 0.3) is 0 Å². The number of nitrogens with zero attached hydrogens (tertiary/aromatic N) is 1. The monoisotopic (exact) mass is 202 g/mol. The minimum absolute atomic E-state index is 0.469. The van der Waals surface area contributed by atoms with Crippen molar-refractivity contribution in [2.45, 2.75) is 32.7 Å². The molecule has 3 nitrogen and oxygen atoms in total. The zero-order valence-corrected chi connectivity index (χ0v) is 10.2. The van der Waals surface area contributed by atoms with Gasteiger partial charge in [0.2, 0.25) is 0 Å². The van der Waals surface area contributed by atoms with Gasteiger partial charge < -0.3 is 15.0 Å². The molecule has 0 amide bonds. The van der Waals surface area contributed by atoms with Crippen LogP contribution >= 0.6 is 0 Å². The Bertz CT molecular complexity index is 118. The molecule has 0 aliphatic rings. The summed E-state index contributed by atoms with van der Waals surface area (Å²) in [5.41, 5.74) is 0. The van der Waals surface area contributed by atoms with Crippen LogP contribution < -0.4 is 5.32 Å². The van der Waals surface area contributed by atoms with E-state index in [0.717, 1.165) is 32.7 Å². The summed E-state index contributed by atoms with van der Waals surface area (Å²) in [6.45, 7) is 8.15. The van der Waals surface area contributed by atoms with Gasteiger partial charge in [-0.25, -0.2) is 0 Å². The highest BCUT2D eigenvalue weighted by molar-refractivity contribution is 4.68. The van der Waals surface area contributed by atoms with Crippen molar-refractivity contribution in [2.75, 3.05) is 40.4 Å². The lowest BCUT2D eigenvalue weighted by Crippen LogP contribution is -2.42. The quantitative estimate of drug-likeness (QED) is 0.571. The molecule has 0 heterocycles. The Kier molecular flexibility index (Phi) is 9.35. The first kappa shape index (κ1) is 13.9. The van der Waals surface area contributed by atoms with Gasteiger partial charge in [0.15, 0.2) is 0 Å². The maximum Gasteiger partial charge on any atom is 0.0632 e. The van der Waals surface area contributed by atoms with Gasteiger partial charge in [-0.1, -0.05) is 13.8 Å². The number of rotatable bonds is 9. The summed E-state index contributed by atoms with van der Waals surface area (Å²) in [6.07, 6.45) is 2.28. The van der Waals surface area contributed by atoms with E-state index >= 15 is 0 Å². The molecule has 0 saturated carbocycles. The van der Waals surface area contributed by atoms with E-state index in [1.54, 1.807) is 0 Å². The fourth-order valence-electron chi connectivity index (χ4n) is 1.34. The second-order valence-electron chi connectivity index (χ2n) is 3.99. The molecule has 0 aromatic carbocycles. The van der Waals surface area contributed by atoms with Crippen molar-refractivity contribution in [3.8, 4) is 0 Å². The van der Waals surface area contributed by atoms with E-state index in [2.05, 4.69) is 38.2 Å². The standard InChI is InChI=1S/C11H26N2O/c1-5-7-12-11(9-13(3)4)10-14-8-6-2/h11-12H,5-10H2,1-4H3. The zero-order chi connectivity index (χ0) is 10.8. The maximum absolute atomic E-state index is 5.55. The van der Waals surface area contributed by atoms with Gasteiger partial charge in [-0.05, 0) is 33.5 Å². The maximum atomic E-state index is 5.55. The van der Waals surface area contributed by atoms with Crippen molar-refractivity contribution in [1.29, 1.82) is 0 Å². The van der Waals surface area contributed by atoms with Crippen LogP contribution in [-0.4, -0.2) is 51.3 Å². The van der Waals surface area contributed by atoms with Crippen LogP contribution in [0, 0.1) is 0 Å². The van der Waals surface area contributed by atoms with E-state index < -0.39 is 0 Å². The highest BCUT2D eigenvalue weighted by atomic mass is 16.5. The first-order chi connectivity index (χ1) is 6.70. The minimum atomic E-state index is 0.469. The average molecular weight is 202 g/mol. The van der Waals surface area contributed by atoms with Crippen LogP contribution in [0.25, 0.3) is 0 Å². The van der Waals surface area contributed by atoms with Crippen molar-refractivity contribution in [2.24, 2.45) is 0 Å². The van der Waals surface area contributed by atoms with Gasteiger partial charge in [-0.2, -0.15) is 0 Å². The van der Waals surface area contributed by atoms with Crippen LogP contribution in [0.2, 0.25) is 0 Å². The van der Waals surface area contributed by atoms with Crippen molar-refractivity contribution in [1.82, 2.24) is 10.2 Å².